The maximum atomic E-state index is 14.3. The fourth-order valence-corrected chi connectivity index (χ4v) is 2.77. The lowest BCUT2D eigenvalue weighted by Crippen LogP contribution is -2.14. The summed E-state index contributed by atoms with van der Waals surface area (Å²) in [5, 5.41) is 21.2. The molecule has 0 unspecified atom stereocenters. The Kier molecular flexibility index (Phi) is 5.14. The molecule has 1 amide bonds. The van der Waals surface area contributed by atoms with E-state index in [1.807, 2.05) is 0 Å². The maximum absolute atomic E-state index is 14.3. The highest BCUT2D eigenvalue weighted by molar-refractivity contribution is 6.06. The number of hydrogen-bond donors (Lipinski definition) is 1. The Morgan fingerprint density at radius 2 is 1.97 bits per heavy atom. The minimum absolute atomic E-state index is 0.0785. The maximum Gasteiger partial charge on any atom is 0.283 e. The van der Waals surface area contributed by atoms with Crippen LogP contribution in [0.5, 0.6) is 5.75 Å². The number of hydrogen-bond acceptors (Lipinski definition) is 8. The number of nitro benzene ring substituents is 1. The summed E-state index contributed by atoms with van der Waals surface area (Å²) in [5.74, 6) is -0.844. The molecule has 0 fully saturated rings. The number of nitrogens with zero attached hydrogens (tertiary/aromatic N) is 3. The van der Waals surface area contributed by atoms with Crippen LogP contribution >= 0.6 is 0 Å². The SMILES string of the molecule is COc1ccc([N+](=O)[O-])cc1C(=O)Nc1cc(-c2nnc(-c3ccco3)o2)ccc1F. The topological polar surface area (TPSA) is 134 Å². The molecule has 0 spiro atoms. The molecule has 2 aromatic heterocycles. The van der Waals surface area contributed by atoms with Crippen LogP contribution in [-0.2, 0) is 0 Å². The molecule has 0 saturated carbocycles. The Morgan fingerprint density at radius 1 is 1.16 bits per heavy atom. The van der Waals surface area contributed by atoms with Crippen LogP contribution in [0, 0.1) is 15.9 Å². The smallest absolute Gasteiger partial charge is 0.283 e. The number of carbonyl (C=O) groups is 1. The summed E-state index contributed by atoms with van der Waals surface area (Å²) in [5.41, 5.74) is -0.280. The van der Waals surface area contributed by atoms with Gasteiger partial charge in [0.1, 0.15) is 11.6 Å². The number of nitro groups is 1. The van der Waals surface area contributed by atoms with Gasteiger partial charge in [0.15, 0.2) is 5.76 Å². The quantitative estimate of drug-likeness (QED) is 0.358. The van der Waals surface area contributed by atoms with E-state index >= 15 is 0 Å². The van der Waals surface area contributed by atoms with Crippen molar-refractivity contribution in [2.75, 3.05) is 12.4 Å². The van der Waals surface area contributed by atoms with Gasteiger partial charge in [-0.3, -0.25) is 14.9 Å². The third kappa shape index (κ3) is 3.96. The average Bonchev–Trinajstić information content (AvgIpc) is 3.46. The molecule has 0 atom stereocenters. The Labute approximate surface area is 173 Å². The predicted molar refractivity (Wildman–Crippen MR) is 105 cm³/mol. The number of halogens is 1. The lowest BCUT2D eigenvalue weighted by molar-refractivity contribution is -0.384. The van der Waals surface area contributed by atoms with E-state index < -0.39 is 16.6 Å². The van der Waals surface area contributed by atoms with Crippen molar-refractivity contribution in [1.82, 2.24) is 10.2 Å². The van der Waals surface area contributed by atoms with Crippen molar-refractivity contribution in [2.45, 2.75) is 0 Å². The van der Waals surface area contributed by atoms with Crippen LogP contribution in [-0.4, -0.2) is 28.1 Å². The van der Waals surface area contributed by atoms with Crippen LogP contribution < -0.4 is 10.1 Å². The first-order chi connectivity index (χ1) is 15.0. The van der Waals surface area contributed by atoms with Crippen LogP contribution in [0.25, 0.3) is 23.1 Å². The monoisotopic (exact) mass is 424 g/mol. The van der Waals surface area contributed by atoms with Crippen LogP contribution in [0.3, 0.4) is 0 Å². The number of methoxy groups -OCH3 is 1. The Morgan fingerprint density at radius 3 is 2.68 bits per heavy atom. The average molecular weight is 424 g/mol. The van der Waals surface area contributed by atoms with Crippen molar-refractivity contribution < 1.29 is 27.7 Å². The lowest BCUT2D eigenvalue weighted by atomic mass is 10.1. The van der Waals surface area contributed by atoms with Gasteiger partial charge in [0, 0.05) is 17.7 Å². The molecule has 156 valence electrons. The molecule has 0 saturated heterocycles. The molecular weight excluding hydrogens is 411 g/mol. The molecule has 4 rings (SSSR count). The number of furan rings is 1. The molecule has 2 heterocycles. The number of aromatic nitrogens is 2. The standard InChI is InChI=1S/C20H13FN4O6/c1-29-16-7-5-12(25(27)28)10-13(16)18(26)22-15-9-11(4-6-14(15)21)19-23-24-20(31-19)17-3-2-8-30-17/h2-10H,1H3,(H,22,26). The minimum Gasteiger partial charge on any atom is -0.496 e. The Balaban J connectivity index is 1.63. The van der Waals surface area contributed by atoms with Crippen LogP contribution in [0.4, 0.5) is 15.8 Å². The number of benzene rings is 2. The van der Waals surface area contributed by atoms with E-state index in [0.29, 0.717) is 11.3 Å². The molecule has 2 aromatic carbocycles. The van der Waals surface area contributed by atoms with Gasteiger partial charge in [-0.05, 0) is 36.4 Å². The third-order valence-electron chi connectivity index (χ3n) is 4.26. The second kappa shape index (κ2) is 8.06. The molecule has 0 aliphatic carbocycles. The van der Waals surface area contributed by atoms with Crippen LogP contribution in [0.1, 0.15) is 10.4 Å². The first-order valence-corrected chi connectivity index (χ1v) is 8.77. The largest absolute Gasteiger partial charge is 0.496 e. The number of non-ortho nitro benzene ring substituents is 1. The van der Waals surface area contributed by atoms with Gasteiger partial charge in [-0.2, -0.15) is 0 Å². The van der Waals surface area contributed by atoms with Gasteiger partial charge in [0.2, 0.25) is 5.89 Å². The van der Waals surface area contributed by atoms with Crippen molar-refractivity contribution in [3.8, 4) is 28.9 Å². The Bertz CT molecular complexity index is 1270. The van der Waals surface area contributed by atoms with Gasteiger partial charge in [-0.15, -0.1) is 10.2 Å². The van der Waals surface area contributed by atoms with Gasteiger partial charge in [0.25, 0.3) is 17.5 Å². The summed E-state index contributed by atoms with van der Waals surface area (Å²) in [6.07, 6.45) is 1.45. The zero-order valence-corrected chi connectivity index (χ0v) is 15.9. The van der Waals surface area contributed by atoms with Gasteiger partial charge < -0.3 is 18.9 Å². The first kappa shape index (κ1) is 19.8. The lowest BCUT2D eigenvalue weighted by Gasteiger charge is -2.10. The van der Waals surface area contributed by atoms with E-state index in [-0.39, 0.29) is 34.5 Å². The number of ether oxygens (including phenoxy) is 1. The second-order valence-electron chi connectivity index (χ2n) is 6.18. The van der Waals surface area contributed by atoms with Crippen LogP contribution in [0.15, 0.2) is 63.6 Å². The number of amides is 1. The molecule has 0 bridgehead atoms. The van der Waals surface area contributed by atoms with E-state index in [9.17, 15) is 19.3 Å². The molecule has 0 aliphatic heterocycles. The molecule has 11 heteroatoms. The van der Waals surface area contributed by atoms with Crippen molar-refractivity contribution >= 4 is 17.3 Å². The number of rotatable bonds is 6. The predicted octanol–water partition coefficient (Wildman–Crippen LogP) is 4.30. The summed E-state index contributed by atoms with van der Waals surface area (Å²) in [6, 6.07) is 10.6. The number of nitrogens with one attached hydrogen (secondary N) is 1. The highest BCUT2D eigenvalue weighted by Gasteiger charge is 2.20. The van der Waals surface area contributed by atoms with E-state index in [1.54, 1.807) is 12.1 Å². The molecule has 0 aliphatic rings. The summed E-state index contributed by atoms with van der Waals surface area (Å²) in [7, 11) is 1.31. The van der Waals surface area contributed by atoms with Crippen LogP contribution in [0.2, 0.25) is 0 Å². The van der Waals surface area contributed by atoms with Gasteiger partial charge in [-0.1, -0.05) is 0 Å². The molecule has 0 radical (unpaired) electrons. The van der Waals surface area contributed by atoms with Crippen molar-refractivity contribution in [1.29, 1.82) is 0 Å². The second-order valence-corrected chi connectivity index (χ2v) is 6.18. The fourth-order valence-electron chi connectivity index (χ4n) is 2.77. The highest BCUT2D eigenvalue weighted by Crippen LogP contribution is 2.29. The summed E-state index contributed by atoms with van der Waals surface area (Å²) < 4.78 is 30.1. The normalized spacial score (nSPS) is 10.6. The van der Waals surface area contributed by atoms with Crippen molar-refractivity contribution in [2.24, 2.45) is 0 Å². The molecular formula is C20H13FN4O6. The first-order valence-electron chi connectivity index (χ1n) is 8.77. The summed E-state index contributed by atoms with van der Waals surface area (Å²) >= 11 is 0. The van der Waals surface area contributed by atoms with E-state index in [0.717, 1.165) is 12.1 Å². The molecule has 4 aromatic rings. The van der Waals surface area contributed by atoms with Crippen molar-refractivity contribution in [3.05, 3.63) is 76.3 Å². The third-order valence-corrected chi connectivity index (χ3v) is 4.26. The molecule has 10 nitrogen and oxygen atoms in total. The molecule has 1 N–H and O–H groups in total. The molecule has 31 heavy (non-hydrogen) atoms. The van der Waals surface area contributed by atoms with E-state index in [2.05, 4.69) is 15.5 Å². The number of carbonyl (C=O) groups excluding carboxylic acids is 1. The minimum atomic E-state index is -0.793. The van der Waals surface area contributed by atoms with Gasteiger partial charge in [0.05, 0.1) is 29.5 Å². The fraction of sp³-hybridized carbons (Fsp3) is 0.0500. The summed E-state index contributed by atoms with van der Waals surface area (Å²) in [6.45, 7) is 0. The van der Waals surface area contributed by atoms with E-state index in [4.69, 9.17) is 13.6 Å². The van der Waals surface area contributed by atoms with Gasteiger partial charge in [-0.25, -0.2) is 4.39 Å². The zero-order valence-electron chi connectivity index (χ0n) is 15.9. The highest BCUT2D eigenvalue weighted by atomic mass is 19.1. The summed E-state index contributed by atoms with van der Waals surface area (Å²) in [4.78, 5) is 23.1. The zero-order chi connectivity index (χ0) is 22.0. The van der Waals surface area contributed by atoms with E-state index in [1.165, 1.54) is 37.6 Å². The van der Waals surface area contributed by atoms with Crippen molar-refractivity contribution in [3.63, 3.8) is 0 Å². The Hall–Kier alpha value is -4.54. The van der Waals surface area contributed by atoms with Gasteiger partial charge >= 0.3 is 0 Å². The number of anilines is 1.